The van der Waals surface area contributed by atoms with Crippen molar-refractivity contribution in [3.63, 3.8) is 0 Å². The number of rotatable bonds is 4. The third-order valence-electron chi connectivity index (χ3n) is 4.52. The zero-order valence-corrected chi connectivity index (χ0v) is 16.4. The van der Waals surface area contributed by atoms with Crippen LogP contribution in [-0.4, -0.2) is 52.2 Å². The number of aryl methyl sites for hydroxylation is 2. The van der Waals surface area contributed by atoms with Gasteiger partial charge in [-0.1, -0.05) is 43.1 Å². The summed E-state index contributed by atoms with van der Waals surface area (Å²) in [7, 11) is 0. The Hall–Kier alpha value is -1.92. The highest BCUT2D eigenvalue weighted by Gasteiger charge is 2.26. The smallest absolute Gasteiger partial charge is 0.257 e. The number of benzene rings is 1. The van der Waals surface area contributed by atoms with Crippen molar-refractivity contribution in [2.45, 2.75) is 26.7 Å². The molecule has 0 bridgehead atoms. The first kappa shape index (κ1) is 18.9. The predicted octanol–water partition coefficient (Wildman–Crippen LogP) is 3.27. The molecule has 1 saturated heterocycles. The number of carbonyl (C=O) groups excluding carboxylic acids is 1. The number of carbonyl (C=O) groups is 1. The summed E-state index contributed by atoms with van der Waals surface area (Å²) in [4.78, 5) is 21.2. The summed E-state index contributed by atoms with van der Waals surface area (Å²) in [6.07, 6.45) is 1.65. The summed E-state index contributed by atoms with van der Waals surface area (Å²) in [5.74, 6) is 0.483. The van der Waals surface area contributed by atoms with Crippen molar-refractivity contribution in [2.75, 3.05) is 31.1 Å². The summed E-state index contributed by atoms with van der Waals surface area (Å²) in [6, 6.07) is 5.09. The predicted molar refractivity (Wildman–Crippen MR) is 103 cm³/mol. The first-order valence-electron chi connectivity index (χ1n) is 8.75. The maximum atomic E-state index is 12.8. The molecule has 6 nitrogen and oxygen atoms in total. The quantitative estimate of drug-likeness (QED) is 0.797. The highest BCUT2D eigenvalue weighted by Crippen LogP contribution is 2.26. The molecule has 0 atom stereocenters. The lowest BCUT2D eigenvalue weighted by Crippen LogP contribution is -2.49. The lowest BCUT2D eigenvalue weighted by Gasteiger charge is -2.35. The lowest BCUT2D eigenvalue weighted by molar-refractivity contribution is 0.0746. The maximum absolute atomic E-state index is 12.8. The van der Waals surface area contributed by atoms with Crippen LogP contribution in [0, 0.1) is 0 Å². The Morgan fingerprint density at radius 3 is 2.19 bits per heavy atom. The highest BCUT2D eigenvalue weighted by atomic mass is 35.5. The Kier molecular flexibility index (Phi) is 5.94. The molecular weight excluding hydrogens is 373 g/mol. The van der Waals surface area contributed by atoms with Crippen molar-refractivity contribution in [2.24, 2.45) is 0 Å². The zero-order chi connectivity index (χ0) is 18.7. The van der Waals surface area contributed by atoms with Crippen LogP contribution in [0.5, 0.6) is 0 Å². The van der Waals surface area contributed by atoms with E-state index < -0.39 is 0 Å². The molecule has 2 heterocycles. The van der Waals surface area contributed by atoms with Gasteiger partial charge < -0.3 is 9.80 Å². The Balaban J connectivity index is 1.70. The van der Waals surface area contributed by atoms with E-state index in [2.05, 4.69) is 33.9 Å². The van der Waals surface area contributed by atoms with Gasteiger partial charge in [-0.25, -0.2) is 4.98 Å². The van der Waals surface area contributed by atoms with Crippen LogP contribution in [0.2, 0.25) is 10.0 Å². The molecule has 2 aromatic rings. The van der Waals surface area contributed by atoms with E-state index >= 15 is 0 Å². The summed E-state index contributed by atoms with van der Waals surface area (Å²) >= 11 is 12.3. The first-order valence-corrected chi connectivity index (χ1v) is 9.51. The van der Waals surface area contributed by atoms with Crippen LogP contribution in [0.1, 0.15) is 35.6 Å². The van der Waals surface area contributed by atoms with E-state index in [1.54, 1.807) is 23.1 Å². The Bertz CT molecular complexity index is 786. The number of hydrogen-bond acceptors (Lipinski definition) is 5. The van der Waals surface area contributed by atoms with Crippen molar-refractivity contribution < 1.29 is 4.79 Å². The molecular formula is C18H21Cl2N5O. The fourth-order valence-electron chi connectivity index (χ4n) is 3.03. The molecule has 0 saturated carbocycles. The minimum atomic E-state index is -0.144. The Labute approximate surface area is 163 Å². The maximum Gasteiger partial charge on any atom is 0.257 e. The second-order valence-electron chi connectivity index (χ2n) is 6.09. The van der Waals surface area contributed by atoms with E-state index in [9.17, 15) is 4.79 Å². The van der Waals surface area contributed by atoms with Crippen molar-refractivity contribution in [3.8, 4) is 0 Å². The number of hydrogen-bond donors (Lipinski definition) is 0. The van der Waals surface area contributed by atoms with Gasteiger partial charge >= 0.3 is 0 Å². The fourth-order valence-corrected chi connectivity index (χ4v) is 3.59. The van der Waals surface area contributed by atoms with Gasteiger partial charge in [-0.15, -0.1) is 5.10 Å². The van der Waals surface area contributed by atoms with Gasteiger partial charge in [0.2, 0.25) is 5.95 Å². The number of piperazine rings is 1. The van der Waals surface area contributed by atoms with E-state index in [-0.39, 0.29) is 5.91 Å². The molecule has 8 heteroatoms. The molecule has 1 aromatic heterocycles. The van der Waals surface area contributed by atoms with E-state index in [4.69, 9.17) is 23.2 Å². The van der Waals surface area contributed by atoms with Crippen LogP contribution < -0.4 is 4.90 Å². The summed E-state index contributed by atoms with van der Waals surface area (Å²) < 4.78 is 0. The molecule has 0 N–H and O–H groups in total. The highest BCUT2D eigenvalue weighted by molar-refractivity contribution is 6.39. The van der Waals surface area contributed by atoms with Gasteiger partial charge in [0, 0.05) is 26.2 Å². The lowest BCUT2D eigenvalue weighted by atomic mass is 10.1. The minimum Gasteiger partial charge on any atom is -0.336 e. The molecule has 3 rings (SSSR count). The number of anilines is 1. The molecule has 1 aliphatic heterocycles. The van der Waals surface area contributed by atoms with Gasteiger partial charge in [0.05, 0.1) is 27.0 Å². The molecule has 1 amide bonds. The van der Waals surface area contributed by atoms with Crippen molar-refractivity contribution in [1.29, 1.82) is 0 Å². The summed E-state index contributed by atoms with van der Waals surface area (Å²) in [5.41, 5.74) is 2.29. The summed E-state index contributed by atoms with van der Waals surface area (Å²) in [5, 5.41) is 9.31. The van der Waals surface area contributed by atoms with Crippen LogP contribution in [-0.2, 0) is 12.8 Å². The number of aromatic nitrogens is 3. The van der Waals surface area contributed by atoms with Gasteiger partial charge in [-0.2, -0.15) is 5.10 Å². The van der Waals surface area contributed by atoms with Crippen LogP contribution in [0.25, 0.3) is 0 Å². The Morgan fingerprint density at radius 1 is 1.00 bits per heavy atom. The van der Waals surface area contributed by atoms with E-state index in [0.29, 0.717) is 47.7 Å². The minimum absolute atomic E-state index is 0.144. The van der Waals surface area contributed by atoms with Gasteiger partial charge in [-0.05, 0) is 25.0 Å². The van der Waals surface area contributed by atoms with E-state index in [0.717, 1.165) is 24.2 Å². The van der Waals surface area contributed by atoms with Gasteiger partial charge in [0.1, 0.15) is 0 Å². The average molecular weight is 394 g/mol. The average Bonchev–Trinajstić information content (AvgIpc) is 2.67. The molecule has 0 spiro atoms. The van der Waals surface area contributed by atoms with Crippen molar-refractivity contribution in [1.82, 2.24) is 20.1 Å². The van der Waals surface area contributed by atoms with Crippen LogP contribution >= 0.6 is 23.2 Å². The molecule has 138 valence electrons. The molecule has 0 aliphatic carbocycles. The van der Waals surface area contributed by atoms with E-state index in [1.165, 1.54) is 0 Å². The van der Waals surface area contributed by atoms with Gasteiger partial charge in [-0.3, -0.25) is 4.79 Å². The number of amides is 1. The second-order valence-corrected chi connectivity index (χ2v) is 6.90. The van der Waals surface area contributed by atoms with Crippen LogP contribution in [0.3, 0.4) is 0 Å². The Morgan fingerprint density at radius 2 is 1.62 bits per heavy atom. The molecule has 1 aliphatic rings. The molecule has 1 aromatic carbocycles. The largest absolute Gasteiger partial charge is 0.336 e. The van der Waals surface area contributed by atoms with Gasteiger partial charge in [0.25, 0.3) is 5.91 Å². The third kappa shape index (κ3) is 3.76. The molecule has 0 radical (unpaired) electrons. The topological polar surface area (TPSA) is 62.2 Å². The molecule has 1 fully saturated rings. The number of nitrogens with zero attached hydrogens (tertiary/aromatic N) is 5. The van der Waals surface area contributed by atoms with E-state index in [1.807, 2.05) is 0 Å². The second kappa shape index (κ2) is 8.18. The fraction of sp³-hybridized carbons (Fsp3) is 0.444. The number of halogens is 2. The molecule has 26 heavy (non-hydrogen) atoms. The SMILES string of the molecule is CCc1nnc(N2CCN(C(=O)c3c(Cl)cccc3Cl)CC2)nc1CC. The first-order chi connectivity index (χ1) is 12.5. The van der Waals surface area contributed by atoms with Gasteiger partial charge in [0.15, 0.2) is 0 Å². The standard InChI is InChI=1S/C18H21Cl2N5O/c1-3-14-15(4-2)22-23-18(21-14)25-10-8-24(9-11-25)17(26)16-12(19)6-5-7-13(16)20/h5-7H,3-4,8-11H2,1-2H3. The molecule has 0 unspecified atom stereocenters. The normalized spacial score (nSPS) is 14.6. The van der Waals surface area contributed by atoms with Crippen LogP contribution in [0.15, 0.2) is 18.2 Å². The van der Waals surface area contributed by atoms with Crippen molar-refractivity contribution >= 4 is 35.1 Å². The van der Waals surface area contributed by atoms with Crippen molar-refractivity contribution in [3.05, 3.63) is 45.2 Å². The van der Waals surface area contributed by atoms with Crippen LogP contribution in [0.4, 0.5) is 5.95 Å². The third-order valence-corrected chi connectivity index (χ3v) is 5.15. The summed E-state index contributed by atoms with van der Waals surface area (Å²) in [6.45, 7) is 6.52. The monoisotopic (exact) mass is 393 g/mol. The zero-order valence-electron chi connectivity index (χ0n) is 14.9.